The SMILES string of the molecule is CC(C)Oc1ccc(CN2CCC(n3c(=O)n(C)c4cccnc43)C2)cc1. The van der Waals surface area contributed by atoms with Crippen LogP contribution in [0, 0.1) is 0 Å². The van der Waals surface area contributed by atoms with E-state index in [2.05, 4.69) is 22.0 Å². The number of imidazole rings is 1. The van der Waals surface area contributed by atoms with Crippen molar-refractivity contribution < 1.29 is 4.74 Å². The number of nitrogens with zero attached hydrogens (tertiary/aromatic N) is 4. The minimum absolute atomic E-state index is 0.0192. The van der Waals surface area contributed by atoms with Gasteiger partial charge in [-0.2, -0.15) is 0 Å². The van der Waals surface area contributed by atoms with Gasteiger partial charge in [0.2, 0.25) is 0 Å². The van der Waals surface area contributed by atoms with Gasteiger partial charge in [0.1, 0.15) is 5.75 Å². The number of hydrogen-bond donors (Lipinski definition) is 0. The lowest BCUT2D eigenvalue weighted by Gasteiger charge is -2.17. The highest BCUT2D eigenvalue weighted by atomic mass is 16.5. The van der Waals surface area contributed by atoms with Crippen molar-refractivity contribution in [1.29, 1.82) is 0 Å². The summed E-state index contributed by atoms with van der Waals surface area (Å²) in [6.45, 7) is 6.78. The molecular formula is C21H26N4O2. The maximum atomic E-state index is 12.7. The van der Waals surface area contributed by atoms with Crippen LogP contribution in [0.25, 0.3) is 11.2 Å². The summed E-state index contributed by atoms with van der Waals surface area (Å²) < 4.78 is 9.27. The highest BCUT2D eigenvalue weighted by Crippen LogP contribution is 2.25. The third-order valence-electron chi connectivity index (χ3n) is 5.16. The van der Waals surface area contributed by atoms with Crippen LogP contribution in [0.1, 0.15) is 31.9 Å². The largest absolute Gasteiger partial charge is 0.491 e. The van der Waals surface area contributed by atoms with Crippen molar-refractivity contribution in [3.63, 3.8) is 0 Å². The molecule has 6 heteroatoms. The van der Waals surface area contributed by atoms with E-state index in [1.807, 2.05) is 49.7 Å². The molecule has 6 nitrogen and oxygen atoms in total. The average Bonchev–Trinajstić information content (AvgIpc) is 3.20. The first-order valence-corrected chi connectivity index (χ1v) is 9.53. The molecule has 3 aromatic rings. The molecule has 142 valence electrons. The van der Waals surface area contributed by atoms with Gasteiger partial charge in [0, 0.05) is 32.9 Å². The molecule has 0 aliphatic carbocycles. The molecule has 3 heterocycles. The van der Waals surface area contributed by atoms with Gasteiger partial charge in [-0.1, -0.05) is 12.1 Å². The van der Waals surface area contributed by atoms with E-state index in [-0.39, 0.29) is 17.8 Å². The second-order valence-corrected chi connectivity index (χ2v) is 7.55. The summed E-state index contributed by atoms with van der Waals surface area (Å²) in [4.78, 5) is 19.6. The molecule has 27 heavy (non-hydrogen) atoms. The Bertz CT molecular complexity index is 988. The Morgan fingerprint density at radius 2 is 2.00 bits per heavy atom. The number of pyridine rings is 1. The molecule has 1 fully saturated rings. The maximum Gasteiger partial charge on any atom is 0.330 e. The fourth-order valence-electron chi connectivity index (χ4n) is 3.89. The van der Waals surface area contributed by atoms with Crippen LogP contribution in [0.2, 0.25) is 0 Å². The van der Waals surface area contributed by atoms with Crippen molar-refractivity contribution >= 4 is 11.2 Å². The van der Waals surface area contributed by atoms with Crippen LogP contribution >= 0.6 is 0 Å². The van der Waals surface area contributed by atoms with Crippen LogP contribution in [0.15, 0.2) is 47.4 Å². The zero-order valence-corrected chi connectivity index (χ0v) is 16.1. The van der Waals surface area contributed by atoms with Gasteiger partial charge in [0.05, 0.1) is 17.7 Å². The van der Waals surface area contributed by atoms with Gasteiger partial charge in [-0.25, -0.2) is 9.78 Å². The molecule has 0 bridgehead atoms. The Morgan fingerprint density at radius 3 is 2.74 bits per heavy atom. The van der Waals surface area contributed by atoms with Crippen LogP contribution in [0.3, 0.4) is 0 Å². The first-order chi connectivity index (χ1) is 13.0. The molecule has 0 radical (unpaired) electrons. The number of rotatable bonds is 5. The summed E-state index contributed by atoms with van der Waals surface area (Å²) in [5.74, 6) is 0.904. The summed E-state index contributed by atoms with van der Waals surface area (Å²) in [5.41, 5.74) is 2.95. The van der Waals surface area contributed by atoms with Gasteiger partial charge >= 0.3 is 5.69 Å². The highest BCUT2D eigenvalue weighted by molar-refractivity contribution is 5.71. The molecule has 2 aromatic heterocycles. The highest BCUT2D eigenvalue weighted by Gasteiger charge is 2.27. The molecule has 1 saturated heterocycles. The van der Waals surface area contributed by atoms with E-state index >= 15 is 0 Å². The lowest BCUT2D eigenvalue weighted by molar-refractivity contribution is 0.242. The summed E-state index contributed by atoms with van der Waals surface area (Å²) in [5, 5.41) is 0. The number of benzene rings is 1. The molecule has 0 N–H and O–H groups in total. The number of aryl methyl sites for hydroxylation is 1. The smallest absolute Gasteiger partial charge is 0.330 e. The van der Waals surface area contributed by atoms with Crippen molar-refractivity contribution in [3.05, 3.63) is 58.6 Å². The monoisotopic (exact) mass is 366 g/mol. The first-order valence-electron chi connectivity index (χ1n) is 9.53. The van der Waals surface area contributed by atoms with Gasteiger partial charge in [-0.05, 0) is 50.1 Å². The normalized spacial score (nSPS) is 17.9. The van der Waals surface area contributed by atoms with Crippen molar-refractivity contribution in [2.24, 2.45) is 7.05 Å². The van der Waals surface area contributed by atoms with E-state index in [9.17, 15) is 4.79 Å². The molecule has 0 spiro atoms. The lowest BCUT2D eigenvalue weighted by Crippen LogP contribution is -2.28. The molecule has 1 aliphatic rings. The molecule has 0 amide bonds. The van der Waals surface area contributed by atoms with E-state index in [0.29, 0.717) is 0 Å². The number of hydrogen-bond acceptors (Lipinski definition) is 4. The number of likely N-dealkylation sites (tertiary alicyclic amines) is 1. The molecule has 1 aromatic carbocycles. The Hall–Kier alpha value is -2.60. The second-order valence-electron chi connectivity index (χ2n) is 7.55. The standard InChI is InChI=1S/C21H26N4O2/c1-15(2)27-18-8-6-16(7-9-18)13-24-12-10-17(14-24)25-20-19(5-4-11-22-20)23(3)21(25)26/h4-9,11,15,17H,10,12-14H2,1-3H3. The van der Waals surface area contributed by atoms with Gasteiger partial charge < -0.3 is 4.74 Å². The number of aromatic nitrogens is 3. The van der Waals surface area contributed by atoms with Crippen LogP contribution < -0.4 is 10.4 Å². The van der Waals surface area contributed by atoms with E-state index in [1.165, 1.54) is 5.56 Å². The zero-order chi connectivity index (χ0) is 19.0. The summed E-state index contributed by atoms with van der Waals surface area (Å²) in [7, 11) is 1.82. The number of ether oxygens (including phenoxy) is 1. The molecule has 4 rings (SSSR count). The van der Waals surface area contributed by atoms with Gasteiger partial charge in [-0.15, -0.1) is 0 Å². The summed E-state index contributed by atoms with van der Waals surface area (Å²) in [6.07, 6.45) is 2.90. The summed E-state index contributed by atoms with van der Waals surface area (Å²) in [6, 6.07) is 12.3. The van der Waals surface area contributed by atoms with E-state index in [1.54, 1.807) is 10.8 Å². The number of fused-ring (bicyclic) bond motifs is 1. The predicted molar refractivity (Wildman–Crippen MR) is 106 cm³/mol. The summed E-state index contributed by atoms with van der Waals surface area (Å²) >= 11 is 0. The van der Waals surface area contributed by atoms with Crippen molar-refractivity contribution in [2.75, 3.05) is 13.1 Å². The molecule has 1 unspecified atom stereocenters. The molecule has 0 saturated carbocycles. The zero-order valence-electron chi connectivity index (χ0n) is 16.1. The van der Waals surface area contributed by atoms with E-state index < -0.39 is 0 Å². The Morgan fingerprint density at radius 1 is 1.22 bits per heavy atom. The molecular weight excluding hydrogens is 340 g/mol. The predicted octanol–water partition coefficient (Wildman–Crippen LogP) is 2.97. The van der Waals surface area contributed by atoms with Crippen molar-refractivity contribution in [2.45, 2.75) is 39.0 Å². The quantitative estimate of drug-likeness (QED) is 0.697. The third kappa shape index (κ3) is 3.49. The molecule has 1 aliphatic heterocycles. The van der Waals surface area contributed by atoms with Crippen LogP contribution in [0.4, 0.5) is 0 Å². The van der Waals surface area contributed by atoms with Gasteiger partial charge in [0.15, 0.2) is 5.65 Å². The van der Waals surface area contributed by atoms with E-state index in [4.69, 9.17) is 4.74 Å². The third-order valence-corrected chi connectivity index (χ3v) is 5.16. The second kappa shape index (κ2) is 7.19. The Balaban J connectivity index is 1.48. The minimum Gasteiger partial charge on any atom is -0.491 e. The average molecular weight is 366 g/mol. The molecule has 1 atom stereocenters. The van der Waals surface area contributed by atoms with E-state index in [0.717, 1.165) is 43.0 Å². The fraction of sp³-hybridized carbons (Fsp3) is 0.429. The van der Waals surface area contributed by atoms with Gasteiger partial charge in [-0.3, -0.25) is 14.0 Å². The topological polar surface area (TPSA) is 52.3 Å². The lowest BCUT2D eigenvalue weighted by atomic mass is 10.2. The Labute approximate surface area is 159 Å². The van der Waals surface area contributed by atoms with Crippen LogP contribution in [-0.4, -0.2) is 38.2 Å². The van der Waals surface area contributed by atoms with Crippen molar-refractivity contribution in [3.8, 4) is 5.75 Å². The fourth-order valence-corrected chi connectivity index (χ4v) is 3.89. The van der Waals surface area contributed by atoms with Crippen LogP contribution in [-0.2, 0) is 13.6 Å². The first kappa shape index (κ1) is 17.8. The maximum absolute atomic E-state index is 12.7. The van der Waals surface area contributed by atoms with Gasteiger partial charge in [0.25, 0.3) is 0 Å². The Kier molecular flexibility index (Phi) is 4.74. The van der Waals surface area contributed by atoms with Crippen LogP contribution in [0.5, 0.6) is 5.75 Å². The minimum atomic E-state index is 0.0192. The van der Waals surface area contributed by atoms with Crippen molar-refractivity contribution in [1.82, 2.24) is 19.0 Å².